The number of carbonyl (C=O) groups is 2. The van der Waals surface area contributed by atoms with Gasteiger partial charge in [-0.15, -0.1) is 0 Å². The largest absolute Gasteiger partial charge is 0.444 e. The molecule has 2 aromatic heterocycles. The molecule has 34 heavy (non-hydrogen) atoms. The molecule has 10 heteroatoms. The van der Waals surface area contributed by atoms with Gasteiger partial charge in [0.15, 0.2) is 0 Å². The van der Waals surface area contributed by atoms with E-state index in [0.717, 1.165) is 16.8 Å². The first-order chi connectivity index (χ1) is 16.1. The summed E-state index contributed by atoms with van der Waals surface area (Å²) in [7, 11) is 0. The van der Waals surface area contributed by atoms with E-state index < -0.39 is 5.60 Å². The number of hydrogen-bond acceptors (Lipinski definition) is 5. The number of carbonyl (C=O) groups excluding carboxylic acids is 2. The van der Waals surface area contributed by atoms with Crippen molar-refractivity contribution in [2.24, 2.45) is 0 Å². The van der Waals surface area contributed by atoms with Gasteiger partial charge in [-0.05, 0) is 50.1 Å². The van der Waals surface area contributed by atoms with E-state index in [1.165, 1.54) is 6.20 Å². The van der Waals surface area contributed by atoms with E-state index in [2.05, 4.69) is 15.4 Å². The molecule has 0 saturated carbocycles. The fraction of sp³-hybridized carbons (Fsp3) is 0.333. The summed E-state index contributed by atoms with van der Waals surface area (Å²) in [5.41, 5.74) is 2.58. The molecule has 0 atom stereocenters. The zero-order valence-electron chi connectivity index (χ0n) is 19.1. The van der Waals surface area contributed by atoms with E-state index in [4.69, 9.17) is 27.9 Å². The molecule has 0 saturated heterocycles. The summed E-state index contributed by atoms with van der Waals surface area (Å²) >= 11 is 12.0. The van der Waals surface area contributed by atoms with Gasteiger partial charge in [0.2, 0.25) is 0 Å². The summed E-state index contributed by atoms with van der Waals surface area (Å²) < 4.78 is 7.11. The van der Waals surface area contributed by atoms with Crippen LogP contribution in [0.15, 0.2) is 42.7 Å². The van der Waals surface area contributed by atoms with Crippen molar-refractivity contribution in [1.82, 2.24) is 19.7 Å². The molecule has 4 rings (SSSR count). The van der Waals surface area contributed by atoms with Gasteiger partial charge in [0.05, 0.1) is 34.9 Å². The van der Waals surface area contributed by atoms with E-state index in [1.54, 1.807) is 34.0 Å². The highest BCUT2D eigenvalue weighted by Gasteiger charge is 2.26. The average Bonchev–Trinajstić information content (AvgIpc) is 3.23. The van der Waals surface area contributed by atoms with Crippen LogP contribution in [-0.2, 0) is 24.2 Å². The quantitative estimate of drug-likeness (QED) is 0.531. The van der Waals surface area contributed by atoms with Crippen molar-refractivity contribution in [3.63, 3.8) is 0 Å². The number of fused-ring (bicyclic) bond motifs is 1. The smallest absolute Gasteiger partial charge is 0.410 e. The summed E-state index contributed by atoms with van der Waals surface area (Å²) in [6.45, 7) is 6.92. The number of amides is 2. The first kappa shape index (κ1) is 24.0. The number of ether oxygens (including phenoxy) is 1. The van der Waals surface area contributed by atoms with Crippen LogP contribution in [-0.4, -0.2) is 43.8 Å². The summed E-state index contributed by atoms with van der Waals surface area (Å²) in [4.78, 5) is 31.3. The molecule has 3 aromatic rings. The van der Waals surface area contributed by atoms with Crippen molar-refractivity contribution in [3.05, 3.63) is 75.2 Å². The van der Waals surface area contributed by atoms with Crippen LogP contribution in [0, 0.1) is 0 Å². The Morgan fingerprint density at radius 2 is 1.94 bits per heavy atom. The van der Waals surface area contributed by atoms with Crippen LogP contribution >= 0.6 is 23.2 Å². The summed E-state index contributed by atoms with van der Waals surface area (Å²) in [5.74, 6) is 0.144. The van der Waals surface area contributed by atoms with Crippen LogP contribution in [0.25, 0.3) is 0 Å². The molecule has 0 spiro atoms. The SMILES string of the molecule is CC(C)(C)OC(=O)N1CCc2nc(NC(=O)c3cnn(Cc4ccc(Cl)c(Cl)c4)c3)ccc2C1. The highest BCUT2D eigenvalue weighted by molar-refractivity contribution is 6.42. The van der Waals surface area contributed by atoms with Crippen LogP contribution in [0.5, 0.6) is 0 Å². The van der Waals surface area contributed by atoms with E-state index in [1.807, 2.05) is 32.9 Å². The molecule has 0 fully saturated rings. The van der Waals surface area contributed by atoms with Gasteiger partial charge in [-0.3, -0.25) is 9.48 Å². The van der Waals surface area contributed by atoms with Gasteiger partial charge in [-0.25, -0.2) is 9.78 Å². The van der Waals surface area contributed by atoms with Crippen LogP contribution in [0.3, 0.4) is 0 Å². The van der Waals surface area contributed by atoms with Crippen LogP contribution in [0.1, 0.15) is 48.0 Å². The Balaban J connectivity index is 1.38. The average molecular weight is 502 g/mol. The molecule has 1 aliphatic rings. The highest BCUT2D eigenvalue weighted by Crippen LogP contribution is 2.24. The third-order valence-electron chi connectivity index (χ3n) is 5.17. The number of rotatable bonds is 4. The minimum absolute atomic E-state index is 0.306. The fourth-order valence-electron chi connectivity index (χ4n) is 3.55. The number of aromatic nitrogens is 3. The van der Waals surface area contributed by atoms with E-state index >= 15 is 0 Å². The minimum atomic E-state index is -0.542. The number of benzene rings is 1. The van der Waals surface area contributed by atoms with Crippen LogP contribution in [0.2, 0.25) is 10.0 Å². The Morgan fingerprint density at radius 1 is 1.15 bits per heavy atom. The van der Waals surface area contributed by atoms with Crippen molar-refractivity contribution in [3.8, 4) is 0 Å². The Labute approximate surface area is 207 Å². The minimum Gasteiger partial charge on any atom is -0.444 e. The van der Waals surface area contributed by atoms with Gasteiger partial charge in [0, 0.05) is 24.9 Å². The number of nitrogens with zero attached hydrogens (tertiary/aromatic N) is 4. The van der Waals surface area contributed by atoms with E-state index in [9.17, 15) is 9.59 Å². The maximum absolute atomic E-state index is 12.7. The summed E-state index contributed by atoms with van der Waals surface area (Å²) in [6, 6.07) is 8.96. The Morgan fingerprint density at radius 3 is 2.68 bits per heavy atom. The molecule has 3 heterocycles. The van der Waals surface area contributed by atoms with Crippen LogP contribution < -0.4 is 5.32 Å². The second kappa shape index (κ2) is 9.64. The second-order valence-electron chi connectivity index (χ2n) is 9.08. The van der Waals surface area contributed by atoms with E-state index in [-0.39, 0.29) is 12.0 Å². The number of hydrogen-bond donors (Lipinski definition) is 1. The van der Waals surface area contributed by atoms with Crippen molar-refractivity contribution >= 4 is 41.0 Å². The Hall–Kier alpha value is -3.10. The van der Waals surface area contributed by atoms with Crippen molar-refractivity contribution in [1.29, 1.82) is 0 Å². The molecule has 1 aliphatic heterocycles. The molecule has 2 amide bonds. The molecule has 0 unspecified atom stereocenters. The molecule has 1 N–H and O–H groups in total. The third-order valence-corrected chi connectivity index (χ3v) is 5.90. The molecular formula is C24H25Cl2N5O3. The van der Waals surface area contributed by atoms with Gasteiger partial charge >= 0.3 is 6.09 Å². The lowest BCUT2D eigenvalue weighted by molar-refractivity contribution is 0.0223. The van der Waals surface area contributed by atoms with Gasteiger partial charge in [0.1, 0.15) is 11.4 Å². The maximum Gasteiger partial charge on any atom is 0.410 e. The normalized spacial score (nSPS) is 13.4. The van der Waals surface area contributed by atoms with Gasteiger partial charge in [-0.2, -0.15) is 5.10 Å². The lowest BCUT2D eigenvalue weighted by atomic mass is 10.1. The predicted octanol–water partition coefficient (Wildman–Crippen LogP) is 5.18. The third kappa shape index (κ3) is 5.87. The van der Waals surface area contributed by atoms with Gasteiger partial charge in [-0.1, -0.05) is 35.3 Å². The molecule has 8 nitrogen and oxygen atoms in total. The first-order valence-corrected chi connectivity index (χ1v) is 11.6. The van der Waals surface area contributed by atoms with Crippen LogP contribution in [0.4, 0.5) is 10.6 Å². The predicted molar refractivity (Wildman–Crippen MR) is 130 cm³/mol. The van der Waals surface area contributed by atoms with Crippen molar-refractivity contribution in [2.75, 3.05) is 11.9 Å². The number of pyridine rings is 1. The number of anilines is 1. The molecule has 178 valence electrons. The van der Waals surface area contributed by atoms with Crippen molar-refractivity contribution in [2.45, 2.75) is 45.9 Å². The topological polar surface area (TPSA) is 89.3 Å². The molecular weight excluding hydrogens is 477 g/mol. The zero-order chi connectivity index (χ0) is 24.5. The molecule has 0 bridgehead atoms. The lowest BCUT2D eigenvalue weighted by Gasteiger charge is -2.30. The zero-order valence-corrected chi connectivity index (χ0v) is 20.7. The van der Waals surface area contributed by atoms with Crippen molar-refractivity contribution < 1.29 is 14.3 Å². The molecule has 0 radical (unpaired) electrons. The van der Waals surface area contributed by atoms with E-state index in [0.29, 0.717) is 47.5 Å². The monoisotopic (exact) mass is 501 g/mol. The Kier molecular flexibility index (Phi) is 6.81. The Bertz CT molecular complexity index is 1240. The number of nitrogens with one attached hydrogen (secondary N) is 1. The molecule has 1 aromatic carbocycles. The first-order valence-electron chi connectivity index (χ1n) is 10.8. The lowest BCUT2D eigenvalue weighted by Crippen LogP contribution is -2.40. The number of halogens is 2. The molecule has 0 aliphatic carbocycles. The second-order valence-corrected chi connectivity index (χ2v) is 9.90. The van der Waals surface area contributed by atoms with Gasteiger partial charge in [0.25, 0.3) is 5.91 Å². The van der Waals surface area contributed by atoms with Gasteiger partial charge < -0.3 is 15.0 Å². The maximum atomic E-state index is 12.7. The highest BCUT2D eigenvalue weighted by atomic mass is 35.5. The summed E-state index contributed by atoms with van der Waals surface area (Å²) in [6.07, 6.45) is 3.41. The fourth-order valence-corrected chi connectivity index (χ4v) is 3.87. The standard InChI is InChI=1S/C24H25Cl2N5O3/c1-24(2,3)34-23(33)30-9-8-20-16(13-30)5-7-21(28-20)29-22(32)17-11-27-31(14-17)12-15-4-6-18(25)19(26)10-15/h4-7,10-11,14H,8-9,12-13H2,1-3H3,(H,28,29,32). The summed E-state index contributed by atoms with van der Waals surface area (Å²) in [5, 5.41) is 8.03.